The lowest BCUT2D eigenvalue weighted by Gasteiger charge is -2.09. The van der Waals surface area contributed by atoms with E-state index < -0.39 is 23.5 Å². The summed E-state index contributed by atoms with van der Waals surface area (Å²) < 4.78 is 60.8. The number of alkyl halides is 3. The van der Waals surface area contributed by atoms with Gasteiger partial charge < -0.3 is 10.1 Å². The van der Waals surface area contributed by atoms with Crippen molar-refractivity contribution in [2.24, 2.45) is 0 Å². The molecule has 0 saturated heterocycles. The second-order valence-corrected chi connectivity index (χ2v) is 6.80. The Morgan fingerprint density at radius 3 is 2.61 bits per heavy atom. The smallest absolute Gasteiger partial charge is 0.416 e. The second-order valence-electron chi connectivity index (χ2n) is 6.80. The summed E-state index contributed by atoms with van der Waals surface area (Å²) in [5.74, 6) is -0.971. The van der Waals surface area contributed by atoms with E-state index in [-0.39, 0.29) is 28.5 Å². The maximum Gasteiger partial charge on any atom is 0.416 e. The molecule has 2 heterocycles. The predicted octanol–water partition coefficient (Wildman–Crippen LogP) is 3.58. The Balaban J connectivity index is 1.64. The molecule has 9 nitrogen and oxygen atoms in total. The first kappa shape index (κ1) is 21.9. The molecule has 0 aliphatic heterocycles. The van der Waals surface area contributed by atoms with Crippen molar-refractivity contribution in [2.45, 2.75) is 13.1 Å². The lowest BCUT2D eigenvalue weighted by Crippen LogP contribution is -2.15. The van der Waals surface area contributed by atoms with E-state index in [0.717, 1.165) is 27.6 Å². The van der Waals surface area contributed by atoms with Crippen LogP contribution in [0.1, 0.15) is 21.9 Å². The van der Waals surface area contributed by atoms with Gasteiger partial charge in [-0.15, -0.1) is 5.10 Å². The summed E-state index contributed by atoms with van der Waals surface area (Å²) in [6, 6.07) is 8.24. The molecule has 2 aromatic heterocycles. The maximum absolute atomic E-state index is 14.3. The number of methoxy groups -OCH3 is 1. The Bertz CT molecular complexity index is 1330. The van der Waals surface area contributed by atoms with Crippen molar-refractivity contribution in [3.05, 3.63) is 71.6 Å². The van der Waals surface area contributed by atoms with Crippen LogP contribution >= 0.6 is 0 Å². The molecule has 2 aromatic carbocycles. The van der Waals surface area contributed by atoms with Crippen LogP contribution in [0.4, 0.5) is 23.2 Å². The second kappa shape index (κ2) is 8.33. The molecule has 13 heteroatoms. The van der Waals surface area contributed by atoms with Gasteiger partial charge in [0, 0.05) is 5.69 Å². The first-order valence-electron chi connectivity index (χ1n) is 9.35. The fraction of sp³-hybridized carbons (Fsp3) is 0.150. The summed E-state index contributed by atoms with van der Waals surface area (Å²) in [4.78, 5) is 12.8. The third-order valence-electron chi connectivity index (χ3n) is 4.61. The molecule has 4 aromatic rings. The zero-order chi connectivity index (χ0) is 23.8. The number of tetrazole rings is 1. The number of rotatable bonds is 5. The van der Waals surface area contributed by atoms with Crippen molar-refractivity contribution in [3.8, 4) is 17.1 Å². The molecule has 0 aliphatic rings. The molecule has 1 N–H and O–H groups in total. The molecule has 0 atom stereocenters. The maximum atomic E-state index is 14.3. The Kier molecular flexibility index (Phi) is 5.54. The van der Waals surface area contributed by atoms with Crippen LogP contribution in [0.2, 0.25) is 0 Å². The van der Waals surface area contributed by atoms with Crippen LogP contribution in [0.25, 0.3) is 11.4 Å². The van der Waals surface area contributed by atoms with E-state index in [2.05, 4.69) is 25.9 Å². The van der Waals surface area contributed by atoms with Crippen LogP contribution in [-0.4, -0.2) is 43.0 Å². The van der Waals surface area contributed by atoms with Crippen molar-refractivity contribution in [3.63, 3.8) is 0 Å². The molecule has 0 saturated carbocycles. The van der Waals surface area contributed by atoms with Gasteiger partial charge in [-0.1, -0.05) is 6.07 Å². The van der Waals surface area contributed by atoms with Crippen molar-refractivity contribution >= 4 is 11.6 Å². The van der Waals surface area contributed by atoms with Crippen molar-refractivity contribution in [1.29, 1.82) is 0 Å². The molecule has 0 spiro atoms. The molecule has 0 bridgehead atoms. The Morgan fingerprint density at radius 1 is 1.15 bits per heavy atom. The number of aromatic nitrogens is 6. The Labute approximate surface area is 183 Å². The third-order valence-corrected chi connectivity index (χ3v) is 4.61. The standard InChI is InChI=1S/C20H15F4N7O2/c1-11-26-28-29-31(11)16-9-13(6-7-15(16)21)25-19(32)18-17(33-2)10-30(27-18)14-5-3-4-12(8-14)20(22,23)24/h3-10H,1-2H3,(H,25,32). The number of hydrogen-bond acceptors (Lipinski definition) is 6. The normalized spacial score (nSPS) is 11.5. The van der Waals surface area contributed by atoms with Gasteiger partial charge in [0.2, 0.25) is 0 Å². The van der Waals surface area contributed by atoms with Gasteiger partial charge in [0.05, 0.1) is 24.6 Å². The van der Waals surface area contributed by atoms with E-state index in [1.54, 1.807) is 6.92 Å². The molecule has 33 heavy (non-hydrogen) atoms. The summed E-state index contributed by atoms with van der Waals surface area (Å²) in [6.45, 7) is 1.58. The number of nitrogens with one attached hydrogen (secondary N) is 1. The SMILES string of the molecule is COc1cn(-c2cccc(C(F)(F)F)c2)nc1C(=O)Nc1ccc(F)c(-n2nnnc2C)c1. The van der Waals surface area contributed by atoms with Gasteiger partial charge in [-0.05, 0) is 53.7 Å². The minimum atomic E-state index is -4.54. The molecule has 0 unspecified atom stereocenters. The van der Waals surface area contributed by atoms with E-state index in [0.29, 0.717) is 5.82 Å². The van der Waals surface area contributed by atoms with Gasteiger partial charge in [-0.25, -0.2) is 9.07 Å². The highest BCUT2D eigenvalue weighted by atomic mass is 19.4. The van der Waals surface area contributed by atoms with Gasteiger partial charge in [0.1, 0.15) is 11.5 Å². The topological polar surface area (TPSA) is 99.8 Å². The average Bonchev–Trinajstić information content (AvgIpc) is 3.41. The largest absolute Gasteiger partial charge is 0.493 e. The van der Waals surface area contributed by atoms with Gasteiger partial charge in [-0.2, -0.15) is 23.0 Å². The molecular weight excluding hydrogens is 446 g/mol. The summed E-state index contributed by atoms with van der Waals surface area (Å²) in [7, 11) is 1.29. The van der Waals surface area contributed by atoms with E-state index in [1.165, 1.54) is 37.6 Å². The van der Waals surface area contributed by atoms with E-state index in [4.69, 9.17) is 4.74 Å². The van der Waals surface area contributed by atoms with Gasteiger partial charge in [-0.3, -0.25) is 4.79 Å². The molecule has 0 aliphatic carbocycles. The third kappa shape index (κ3) is 4.37. The molecule has 170 valence electrons. The van der Waals surface area contributed by atoms with Crippen LogP contribution in [0.3, 0.4) is 0 Å². The monoisotopic (exact) mass is 461 g/mol. The number of carbonyl (C=O) groups is 1. The fourth-order valence-electron chi connectivity index (χ4n) is 3.02. The minimum absolute atomic E-state index is 0.0109. The molecular formula is C20H15F4N7O2. The number of halogens is 4. The van der Waals surface area contributed by atoms with Crippen LogP contribution in [-0.2, 0) is 6.18 Å². The summed E-state index contributed by atoms with van der Waals surface area (Å²) >= 11 is 0. The fourth-order valence-corrected chi connectivity index (χ4v) is 3.02. The van der Waals surface area contributed by atoms with Gasteiger partial charge >= 0.3 is 6.18 Å². The number of aryl methyl sites for hydroxylation is 1. The number of amides is 1. The van der Waals surface area contributed by atoms with Gasteiger partial charge in [0.25, 0.3) is 5.91 Å². The van der Waals surface area contributed by atoms with Crippen LogP contribution < -0.4 is 10.1 Å². The van der Waals surface area contributed by atoms with Crippen LogP contribution in [0.15, 0.2) is 48.7 Å². The molecule has 4 rings (SSSR count). The zero-order valence-electron chi connectivity index (χ0n) is 17.1. The van der Waals surface area contributed by atoms with Crippen molar-refractivity contribution < 1.29 is 27.1 Å². The number of benzene rings is 2. The summed E-state index contributed by atoms with van der Waals surface area (Å²) in [5.41, 5.74) is -0.740. The zero-order valence-corrected chi connectivity index (χ0v) is 17.1. The Morgan fingerprint density at radius 2 is 1.94 bits per heavy atom. The van der Waals surface area contributed by atoms with Crippen LogP contribution in [0.5, 0.6) is 5.75 Å². The summed E-state index contributed by atoms with van der Waals surface area (Å²) in [6.07, 6.45) is -3.25. The van der Waals surface area contributed by atoms with E-state index in [1.807, 2.05) is 0 Å². The number of hydrogen-bond donors (Lipinski definition) is 1. The van der Waals surface area contributed by atoms with Gasteiger partial charge in [0.15, 0.2) is 17.3 Å². The Hall–Kier alpha value is -4.29. The lowest BCUT2D eigenvalue weighted by molar-refractivity contribution is -0.137. The number of anilines is 1. The van der Waals surface area contributed by atoms with E-state index >= 15 is 0 Å². The molecule has 0 radical (unpaired) electrons. The molecule has 0 fully saturated rings. The number of ether oxygens (including phenoxy) is 1. The quantitative estimate of drug-likeness (QED) is 0.456. The number of carbonyl (C=O) groups excluding carboxylic acids is 1. The predicted molar refractivity (Wildman–Crippen MR) is 107 cm³/mol. The van der Waals surface area contributed by atoms with Crippen molar-refractivity contribution in [1.82, 2.24) is 30.0 Å². The lowest BCUT2D eigenvalue weighted by atomic mass is 10.2. The first-order chi connectivity index (χ1) is 15.7. The highest BCUT2D eigenvalue weighted by Crippen LogP contribution is 2.31. The summed E-state index contributed by atoms with van der Waals surface area (Å²) in [5, 5.41) is 17.5. The average molecular weight is 461 g/mol. The van der Waals surface area contributed by atoms with Crippen LogP contribution in [0, 0.1) is 12.7 Å². The highest BCUT2D eigenvalue weighted by Gasteiger charge is 2.31. The number of nitrogens with zero attached hydrogens (tertiary/aromatic N) is 6. The highest BCUT2D eigenvalue weighted by molar-refractivity contribution is 6.04. The molecule has 1 amide bonds. The minimum Gasteiger partial charge on any atom is -0.493 e. The van der Waals surface area contributed by atoms with Crippen molar-refractivity contribution in [2.75, 3.05) is 12.4 Å². The van der Waals surface area contributed by atoms with E-state index in [9.17, 15) is 22.4 Å². The first-order valence-corrected chi connectivity index (χ1v) is 9.35.